The number of nitrogens with one attached hydrogen (secondary N) is 1. The quantitative estimate of drug-likeness (QED) is 0.427. The van der Waals surface area contributed by atoms with E-state index in [2.05, 4.69) is 10.6 Å². The van der Waals surface area contributed by atoms with Crippen LogP contribution in [0, 0.1) is 0 Å². The molecule has 3 aromatic carbocycles. The summed E-state index contributed by atoms with van der Waals surface area (Å²) in [4.78, 5) is 12.4. The predicted molar refractivity (Wildman–Crippen MR) is 101 cm³/mol. The number of carbonyl (C=O) groups excluding carboxylic acids is 1. The zero-order valence-corrected chi connectivity index (χ0v) is 15.0. The fourth-order valence-electron chi connectivity index (χ4n) is 2.75. The first kappa shape index (κ1) is 17.1. The maximum Gasteiger partial charge on any atom is 0.298 e. The number of amides is 1. The van der Waals surface area contributed by atoms with Crippen molar-refractivity contribution in [3.8, 4) is 11.6 Å². The molecule has 7 heteroatoms. The Morgan fingerprint density at radius 1 is 1.04 bits per heavy atom. The van der Waals surface area contributed by atoms with E-state index in [4.69, 9.17) is 4.52 Å². The molecule has 0 aliphatic heterocycles. The minimum absolute atomic E-state index is 0.0620. The molecule has 134 valence electrons. The number of hydrogen-bond acceptors (Lipinski definition) is 5. The topological polar surface area (TPSA) is 82.1 Å². The molecule has 6 nitrogen and oxygen atoms in total. The van der Waals surface area contributed by atoms with Crippen molar-refractivity contribution in [2.24, 2.45) is 0 Å². The van der Waals surface area contributed by atoms with Crippen LogP contribution in [0.25, 0.3) is 16.5 Å². The number of para-hydroxylation sites is 1. The average molecular weight is 377 g/mol. The molecule has 4 aromatic rings. The van der Waals surface area contributed by atoms with E-state index in [0.717, 1.165) is 28.2 Å². The Morgan fingerprint density at radius 3 is 2.63 bits per heavy atom. The zero-order valence-electron chi connectivity index (χ0n) is 14.2. The summed E-state index contributed by atoms with van der Waals surface area (Å²) in [5.41, 5.74) is 1.43. The fraction of sp³-hybridized carbons (Fsp3) is 0.0500. The van der Waals surface area contributed by atoms with Gasteiger partial charge >= 0.3 is 0 Å². The van der Waals surface area contributed by atoms with Crippen LogP contribution < -0.4 is 15.1 Å². The Balaban J connectivity index is 1.50. The molecule has 27 heavy (non-hydrogen) atoms. The molecule has 0 saturated carbocycles. The number of thioether (sulfide) groups is 1. The van der Waals surface area contributed by atoms with E-state index in [1.54, 1.807) is 0 Å². The molecule has 0 atom stereocenters. The number of carbonyl (C=O) groups is 1. The largest absolute Gasteiger partial charge is 0.538 e. The highest BCUT2D eigenvalue weighted by Crippen LogP contribution is 2.25. The van der Waals surface area contributed by atoms with Crippen molar-refractivity contribution in [1.29, 1.82) is 0 Å². The molecule has 0 aliphatic rings. The van der Waals surface area contributed by atoms with Gasteiger partial charge in [0.05, 0.1) is 11.0 Å². The Hall–Kier alpha value is -3.32. The van der Waals surface area contributed by atoms with Gasteiger partial charge in [-0.3, -0.25) is 4.79 Å². The second kappa shape index (κ2) is 7.51. The highest BCUT2D eigenvalue weighted by Gasteiger charge is 2.22. The van der Waals surface area contributed by atoms with Gasteiger partial charge in [0.2, 0.25) is 11.6 Å². The summed E-state index contributed by atoms with van der Waals surface area (Å²) in [6, 6.07) is 22.7. The van der Waals surface area contributed by atoms with E-state index < -0.39 is 5.95 Å². The molecule has 0 fully saturated rings. The van der Waals surface area contributed by atoms with Gasteiger partial charge in [-0.2, -0.15) is 0 Å². The lowest BCUT2D eigenvalue weighted by Gasteiger charge is -2.08. The Labute approximate surface area is 159 Å². The van der Waals surface area contributed by atoms with E-state index in [1.807, 2.05) is 72.8 Å². The van der Waals surface area contributed by atoms with E-state index in [1.165, 1.54) is 4.68 Å². The molecule has 0 radical (unpaired) electrons. The number of hydrogen-bond donors (Lipinski definition) is 1. The van der Waals surface area contributed by atoms with Crippen molar-refractivity contribution in [1.82, 2.24) is 5.27 Å². The van der Waals surface area contributed by atoms with Crippen LogP contribution in [0.3, 0.4) is 0 Å². The van der Waals surface area contributed by atoms with E-state index >= 15 is 0 Å². The van der Waals surface area contributed by atoms with Gasteiger partial charge in [-0.25, -0.2) is 0 Å². The summed E-state index contributed by atoms with van der Waals surface area (Å²) in [5, 5.41) is 20.9. The molecule has 1 heterocycles. The molecule has 0 saturated heterocycles. The van der Waals surface area contributed by atoms with Crippen molar-refractivity contribution in [3.63, 3.8) is 0 Å². The van der Waals surface area contributed by atoms with Crippen LogP contribution >= 0.6 is 11.8 Å². The number of rotatable bonds is 5. The standard InChI is InChI=1S/C20H15N3O3S/c24-18(21-17-12-6-8-14-7-4-5-11-16(14)17)13-27-19-20(25)26-22-23(19)15-9-2-1-3-10-15/h1-12H,13H2,(H-,21,22,24,25). The van der Waals surface area contributed by atoms with Crippen molar-refractivity contribution in [2.75, 3.05) is 11.1 Å². The predicted octanol–water partition coefficient (Wildman–Crippen LogP) is 2.91. The van der Waals surface area contributed by atoms with Crippen LogP contribution in [0.1, 0.15) is 0 Å². The lowest BCUT2D eigenvalue weighted by molar-refractivity contribution is -0.705. The molecule has 0 spiro atoms. The maximum atomic E-state index is 12.4. The van der Waals surface area contributed by atoms with Crippen molar-refractivity contribution in [3.05, 3.63) is 72.8 Å². The third-order valence-electron chi connectivity index (χ3n) is 3.98. The molecular weight excluding hydrogens is 362 g/mol. The van der Waals surface area contributed by atoms with Gasteiger partial charge in [0.1, 0.15) is 0 Å². The van der Waals surface area contributed by atoms with Crippen molar-refractivity contribution < 1.29 is 19.1 Å². The Kier molecular flexibility index (Phi) is 4.76. The Morgan fingerprint density at radius 2 is 1.78 bits per heavy atom. The van der Waals surface area contributed by atoms with Crippen LogP contribution in [0.15, 0.2) is 82.3 Å². The summed E-state index contributed by atoms with van der Waals surface area (Å²) in [6.45, 7) is 0. The average Bonchev–Trinajstić information content (AvgIpc) is 3.08. The van der Waals surface area contributed by atoms with Gasteiger partial charge in [-0.05, 0) is 27.9 Å². The van der Waals surface area contributed by atoms with Crippen LogP contribution in [0.4, 0.5) is 5.69 Å². The minimum atomic E-state index is -0.568. The van der Waals surface area contributed by atoms with E-state index in [0.29, 0.717) is 5.69 Å². The number of benzene rings is 3. The van der Waals surface area contributed by atoms with Gasteiger partial charge in [-0.1, -0.05) is 54.6 Å². The fourth-order valence-corrected chi connectivity index (χ4v) is 3.50. The van der Waals surface area contributed by atoms with Gasteiger partial charge in [-0.15, -0.1) is 0 Å². The SMILES string of the molecule is O=C(CSc1c([O-])on[n+]1-c1ccccc1)Nc1cccc2ccccc12. The molecule has 1 amide bonds. The van der Waals surface area contributed by atoms with Gasteiger partial charge in [0.15, 0.2) is 5.95 Å². The second-order valence-corrected chi connectivity index (χ2v) is 6.74. The van der Waals surface area contributed by atoms with Crippen LogP contribution in [0.5, 0.6) is 5.95 Å². The number of fused-ring (bicyclic) bond motifs is 1. The number of aromatic nitrogens is 2. The highest BCUT2D eigenvalue weighted by atomic mass is 32.2. The van der Waals surface area contributed by atoms with E-state index in [9.17, 15) is 9.90 Å². The third kappa shape index (κ3) is 3.63. The highest BCUT2D eigenvalue weighted by molar-refractivity contribution is 7.99. The molecule has 0 unspecified atom stereocenters. The molecular formula is C20H15N3O3S. The Bertz CT molecular complexity index is 1090. The lowest BCUT2D eigenvalue weighted by atomic mass is 10.1. The number of nitrogens with zero attached hydrogens (tertiary/aromatic N) is 2. The minimum Gasteiger partial charge on any atom is -0.538 e. The van der Waals surface area contributed by atoms with Crippen LogP contribution in [0.2, 0.25) is 0 Å². The third-order valence-corrected chi connectivity index (χ3v) is 5.00. The molecule has 0 aliphatic carbocycles. The van der Waals surface area contributed by atoms with Crippen molar-refractivity contribution >= 4 is 34.1 Å². The maximum absolute atomic E-state index is 12.4. The summed E-state index contributed by atoms with van der Waals surface area (Å²) >= 11 is 1.09. The smallest absolute Gasteiger partial charge is 0.298 e. The van der Waals surface area contributed by atoms with Gasteiger partial charge < -0.3 is 14.9 Å². The lowest BCUT2D eigenvalue weighted by Crippen LogP contribution is -2.35. The van der Waals surface area contributed by atoms with Gasteiger partial charge in [0, 0.05) is 23.2 Å². The normalized spacial score (nSPS) is 10.8. The summed E-state index contributed by atoms with van der Waals surface area (Å²) in [5.74, 6) is -0.717. The first-order chi connectivity index (χ1) is 13.2. The summed E-state index contributed by atoms with van der Waals surface area (Å²) in [6.07, 6.45) is 0. The number of anilines is 1. The van der Waals surface area contributed by atoms with Crippen LogP contribution in [-0.4, -0.2) is 16.9 Å². The molecule has 0 bridgehead atoms. The molecule has 1 aromatic heterocycles. The first-order valence-corrected chi connectivity index (χ1v) is 9.26. The zero-order chi connectivity index (χ0) is 18.6. The first-order valence-electron chi connectivity index (χ1n) is 8.27. The van der Waals surface area contributed by atoms with Gasteiger partial charge in [0.25, 0.3) is 5.03 Å². The summed E-state index contributed by atoms with van der Waals surface area (Å²) in [7, 11) is 0. The van der Waals surface area contributed by atoms with Crippen LogP contribution in [-0.2, 0) is 4.79 Å². The summed E-state index contributed by atoms with van der Waals surface area (Å²) < 4.78 is 6.16. The monoisotopic (exact) mass is 377 g/mol. The van der Waals surface area contributed by atoms with E-state index in [-0.39, 0.29) is 16.7 Å². The van der Waals surface area contributed by atoms with Crippen molar-refractivity contribution in [2.45, 2.75) is 5.03 Å². The molecule has 4 rings (SSSR count). The second-order valence-electron chi connectivity index (χ2n) is 5.78. The molecule has 1 N–H and O–H groups in total.